The third-order valence-corrected chi connectivity index (χ3v) is 5.32. The van der Waals surface area contributed by atoms with Crippen molar-refractivity contribution >= 4 is 17.2 Å². The first-order valence-corrected chi connectivity index (χ1v) is 9.67. The number of rotatable bonds is 7. The van der Waals surface area contributed by atoms with Crippen molar-refractivity contribution in [2.24, 2.45) is 5.73 Å². The number of carbonyl (C=O) groups is 1. The van der Waals surface area contributed by atoms with Crippen LogP contribution < -0.4 is 10.5 Å². The summed E-state index contributed by atoms with van der Waals surface area (Å²) in [5.41, 5.74) is 7.36. The molecule has 0 aliphatic carbocycles. The molecule has 1 amide bonds. The van der Waals surface area contributed by atoms with Crippen LogP contribution in [0.2, 0.25) is 0 Å². The summed E-state index contributed by atoms with van der Waals surface area (Å²) in [5.74, 6) is 0.186. The average Bonchev–Trinajstić information content (AvgIpc) is 3.07. The Morgan fingerprint density at radius 2 is 2.23 bits per heavy atom. The number of hydrogen-bond acceptors (Lipinski definition) is 6. The van der Waals surface area contributed by atoms with Gasteiger partial charge in [-0.25, -0.2) is 4.98 Å². The summed E-state index contributed by atoms with van der Waals surface area (Å²) >= 11 is 1.67. The normalized spacial score (nSPS) is 19.2. The lowest BCUT2D eigenvalue weighted by Crippen LogP contribution is -2.44. The SMILES string of the molecule is Cc1nc(C2CN(C(C)Cc3ccc(OCC(N)=O)cc3)CCO2)cs1. The molecule has 0 saturated carbocycles. The van der Waals surface area contributed by atoms with Gasteiger partial charge in [-0.15, -0.1) is 11.3 Å². The molecule has 2 aromatic rings. The van der Waals surface area contributed by atoms with Crippen LogP contribution in [0.15, 0.2) is 29.6 Å². The van der Waals surface area contributed by atoms with Crippen molar-refractivity contribution in [3.05, 3.63) is 45.9 Å². The summed E-state index contributed by atoms with van der Waals surface area (Å²) in [5, 5.41) is 3.17. The minimum atomic E-state index is -0.472. The Labute approximate surface area is 157 Å². The van der Waals surface area contributed by atoms with Crippen LogP contribution in [0.25, 0.3) is 0 Å². The predicted octanol–water partition coefficient (Wildman–Crippen LogP) is 2.32. The van der Waals surface area contributed by atoms with Gasteiger partial charge in [-0.2, -0.15) is 0 Å². The minimum Gasteiger partial charge on any atom is -0.484 e. The Balaban J connectivity index is 1.55. The molecule has 6 nitrogen and oxygen atoms in total. The van der Waals surface area contributed by atoms with E-state index in [1.54, 1.807) is 11.3 Å². The Morgan fingerprint density at radius 3 is 2.88 bits per heavy atom. The molecule has 140 valence electrons. The smallest absolute Gasteiger partial charge is 0.255 e. The van der Waals surface area contributed by atoms with Crippen molar-refractivity contribution in [1.82, 2.24) is 9.88 Å². The topological polar surface area (TPSA) is 77.7 Å². The number of ether oxygens (including phenoxy) is 2. The van der Waals surface area contributed by atoms with E-state index in [1.165, 1.54) is 5.56 Å². The van der Waals surface area contributed by atoms with Crippen LogP contribution in [0.1, 0.15) is 29.3 Å². The zero-order valence-electron chi connectivity index (χ0n) is 15.2. The molecule has 3 rings (SSSR count). The number of carbonyl (C=O) groups excluding carboxylic acids is 1. The fourth-order valence-electron chi connectivity index (χ4n) is 3.12. The summed E-state index contributed by atoms with van der Waals surface area (Å²) in [6.07, 6.45) is 1.000. The molecule has 1 aromatic carbocycles. The molecule has 1 aromatic heterocycles. The first-order chi connectivity index (χ1) is 12.5. The van der Waals surface area contributed by atoms with Gasteiger partial charge in [0.2, 0.25) is 0 Å². The van der Waals surface area contributed by atoms with Gasteiger partial charge in [0.1, 0.15) is 11.9 Å². The largest absolute Gasteiger partial charge is 0.484 e. The summed E-state index contributed by atoms with van der Waals surface area (Å²) in [7, 11) is 0. The molecule has 26 heavy (non-hydrogen) atoms. The van der Waals surface area contributed by atoms with Gasteiger partial charge >= 0.3 is 0 Å². The third-order valence-electron chi connectivity index (χ3n) is 4.52. The Morgan fingerprint density at radius 1 is 1.46 bits per heavy atom. The van der Waals surface area contributed by atoms with Crippen molar-refractivity contribution in [3.63, 3.8) is 0 Å². The summed E-state index contributed by atoms with van der Waals surface area (Å²) in [6, 6.07) is 8.23. The minimum absolute atomic E-state index is 0.0562. The average molecular weight is 375 g/mol. The molecule has 2 N–H and O–H groups in total. The molecular formula is C19H25N3O3S. The van der Waals surface area contributed by atoms with Crippen molar-refractivity contribution in [2.45, 2.75) is 32.4 Å². The maximum atomic E-state index is 10.8. The Kier molecular flexibility index (Phi) is 6.24. The molecule has 2 atom stereocenters. The number of thiazole rings is 1. The van der Waals surface area contributed by atoms with Crippen LogP contribution in [0, 0.1) is 6.92 Å². The zero-order valence-corrected chi connectivity index (χ0v) is 16.0. The highest BCUT2D eigenvalue weighted by molar-refractivity contribution is 7.09. The number of hydrogen-bond donors (Lipinski definition) is 1. The van der Waals surface area contributed by atoms with Crippen LogP contribution in [0.5, 0.6) is 5.75 Å². The zero-order chi connectivity index (χ0) is 18.5. The first kappa shape index (κ1) is 18.8. The van der Waals surface area contributed by atoms with Gasteiger partial charge in [-0.05, 0) is 38.0 Å². The molecule has 2 unspecified atom stereocenters. The van der Waals surface area contributed by atoms with Gasteiger partial charge in [0, 0.05) is 24.5 Å². The van der Waals surface area contributed by atoms with Crippen LogP contribution in [-0.4, -0.2) is 48.1 Å². The van der Waals surface area contributed by atoms with Crippen molar-refractivity contribution in [3.8, 4) is 5.75 Å². The van der Waals surface area contributed by atoms with Crippen LogP contribution >= 0.6 is 11.3 Å². The van der Waals surface area contributed by atoms with Gasteiger partial charge in [0.15, 0.2) is 6.61 Å². The lowest BCUT2D eigenvalue weighted by Gasteiger charge is -2.36. The Bertz CT molecular complexity index is 732. The first-order valence-electron chi connectivity index (χ1n) is 8.79. The molecule has 0 bridgehead atoms. The van der Waals surface area contributed by atoms with Crippen LogP contribution in [0.3, 0.4) is 0 Å². The van der Waals surface area contributed by atoms with Gasteiger partial charge in [-0.1, -0.05) is 12.1 Å². The van der Waals surface area contributed by atoms with E-state index in [4.69, 9.17) is 15.2 Å². The van der Waals surface area contributed by atoms with E-state index >= 15 is 0 Å². The summed E-state index contributed by atoms with van der Waals surface area (Å²) in [4.78, 5) is 17.8. The molecule has 1 aliphatic heterocycles. The Hall–Kier alpha value is -1.96. The predicted molar refractivity (Wildman–Crippen MR) is 101 cm³/mol. The van der Waals surface area contributed by atoms with E-state index in [0.717, 1.165) is 36.8 Å². The van der Waals surface area contributed by atoms with E-state index in [2.05, 4.69) is 22.2 Å². The number of aryl methyl sites for hydroxylation is 1. The van der Waals surface area contributed by atoms with Gasteiger partial charge < -0.3 is 15.2 Å². The molecule has 2 heterocycles. The highest BCUT2D eigenvalue weighted by Gasteiger charge is 2.26. The molecule has 1 aliphatic rings. The van der Waals surface area contributed by atoms with Gasteiger partial charge in [0.25, 0.3) is 5.91 Å². The second-order valence-corrected chi connectivity index (χ2v) is 7.66. The van der Waals surface area contributed by atoms with E-state index in [-0.39, 0.29) is 12.7 Å². The highest BCUT2D eigenvalue weighted by atomic mass is 32.1. The highest BCUT2D eigenvalue weighted by Crippen LogP contribution is 2.25. The van der Waals surface area contributed by atoms with Crippen LogP contribution in [-0.2, 0) is 16.0 Å². The molecule has 7 heteroatoms. The second kappa shape index (κ2) is 8.62. The molecule has 0 spiro atoms. The fourth-order valence-corrected chi connectivity index (χ4v) is 3.78. The van der Waals surface area contributed by atoms with Crippen LogP contribution in [0.4, 0.5) is 0 Å². The fraction of sp³-hybridized carbons (Fsp3) is 0.474. The van der Waals surface area contributed by atoms with E-state index in [0.29, 0.717) is 11.8 Å². The number of benzene rings is 1. The monoisotopic (exact) mass is 375 g/mol. The standard InChI is InChI=1S/C19H25N3O3S/c1-13(9-15-3-5-16(6-4-15)25-11-19(20)23)22-7-8-24-18(10-22)17-12-26-14(2)21-17/h3-6,12-13,18H,7-11H2,1-2H3,(H2,20,23). The number of nitrogens with two attached hydrogens (primary N) is 1. The number of amides is 1. The van der Waals surface area contributed by atoms with Gasteiger partial charge in [-0.3, -0.25) is 9.69 Å². The third kappa shape index (κ3) is 5.03. The maximum Gasteiger partial charge on any atom is 0.255 e. The quantitative estimate of drug-likeness (QED) is 0.804. The molecular weight excluding hydrogens is 350 g/mol. The van der Waals surface area contributed by atoms with E-state index < -0.39 is 5.91 Å². The lowest BCUT2D eigenvalue weighted by molar-refractivity contribution is -0.119. The molecule has 1 fully saturated rings. The van der Waals surface area contributed by atoms with Gasteiger partial charge in [0.05, 0.1) is 17.3 Å². The van der Waals surface area contributed by atoms with E-state index in [1.807, 2.05) is 31.2 Å². The maximum absolute atomic E-state index is 10.8. The van der Waals surface area contributed by atoms with Crippen molar-refractivity contribution < 1.29 is 14.3 Å². The number of morpholine rings is 1. The number of primary amides is 1. The number of aromatic nitrogens is 1. The molecule has 1 saturated heterocycles. The van der Waals surface area contributed by atoms with Crippen molar-refractivity contribution in [1.29, 1.82) is 0 Å². The second-order valence-electron chi connectivity index (χ2n) is 6.60. The van der Waals surface area contributed by atoms with E-state index in [9.17, 15) is 4.79 Å². The summed E-state index contributed by atoms with van der Waals surface area (Å²) < 4.78 is 11.2. The van der Waals surface area contributed by atoms with Crippen molar-refractivity contribution in [2.75, 3.05) is 26.3 Å². The number of nitrogens with zero attached hydrogens (tertiary/aromatic N) is 2. The lowest BCUT2D eigenvalue weighted by atomic mass is 10.0. The molecule has 0 radical (unpaired) electrons. The summed E-state index contributed by atoms with van der Waals surface area (Å²) in [6.45, 7) is 6.69.